The van der Waals surface area contributed by atoms with Crippen molar-refractivity contribution in [3.05, 3.63) is 69.7 Å². The number of hydrogen-bond donors (Lipinski definition) is 1. The SMILES string of the molecule is CCN(Cc1nc2ccccc2c(=O)[nH]1)C(=O)CCSc1ccccc1Cl. The van der Waals surface area contributed by atoms with Crippen molar-refractivity contribution in [1.29, 1.82) is 0 Å². The van der Waals surface area contributed by atoms with Gasteiger partial charge in [0.2, 0.25) is 5.91 Å². The number of rotatable bonds is 7. The van der Waals surface area contributed by atoms with Crippen LogP contribution in [0.5, 0.6) is 0 Å². The second-order valence-electron chi connectivity index (χ2n) is 5.97. The van der Waals surface area contributed by atoms with Crippen LogP contribution < -0.4 is 5.56 Å². The molecule has 0 atom stereocenters. The molecule has 0 aliphatic rings. The number of carbonyl (C=O) groups excluding carboxylic acids is 1. The van der Waals surface area contributed by atoms with E-state index in [4.69, 9.17) is 11.6 Å². The van der Waals surface area contributed by atoms with E-state index in [1.54, 1.807) is 34.9 Å². The second kappa shape index (κ2) is 9.06. The number of carbonyl (C=O) groups is 1. The first-order chi connectivity index (χ1) is 13.1. The fourth-order valence-electron chi connectivity index (χ4n) is 2.74. The van der Waals surface area contributed by atoms with Crippen molar-refractivity contribution in [3.8, 4) is 0 Å². The molecule has 0 aliphatic heterocycles. The molecule has 1 heterocycles. The van der Waals surface area contributed by atoms with Crippen LogP contribution in [0.2, 0.25) is 5.02 Å². The maximum absolute atomic E-state index is 12.6. The molecular weight excluding hydrogens is 382 g/mol. The topological polar surface area (TPSA) is 66.1 Å². The molecule has 0 fully saturated rings. The molecule has 27 heavy (non-hydrogen) atoms. The first kappa shape index (κ1) is 19.5. The fraction of sp³-hybridized carbons (Fsp3) is 0.250. The molecule has 1 amide bonds. The molecule has 0 aliphatic carbocycles. The second-order valence-corrected chi connectivity index (χ2v) is 7.51. The van der Waals surface area contributed by atoms with Crippen molar-refractivity contribution >= 4 is 40.2 Å². The summed E-state index contributed by atoms with van der Waals surface area (Å²) in [5.74, 6) is 1.15. The van der Waals surface area contributed by atoms with Gasteiger partial charge in [-0.3, -0.25) is 9.59 Å². The zero-order chi connectivity index (χ0) is 19.2. The minimum absolute atomic E-state index is 0.0212. The molecule has 1 N–H and O–H groups in total. The Kier molecular flexibility index (Phi) is 6.53. The number of nitrogens with one attached hydrogen (secondary N) is 1. The summed E-state index contributed by atoms with van der Waals surface area (Å²) in [7, 11) is 0. The van der Waals surface area contributed by atoms with E-state index in [1.807, 2.05) is 37.3 Å². The van der Waals surface area contributed by atoms with Gasteiger partial charge in [-0.15, -0.1) is 11.8 Å². The number of aromatic nitrogens is 2. The number of hydrogen-bond acceptors (Lipinski definition) is 4. The first-order valence-corrected chi connectivity index (χ1v) is 10.1. The summed E-state index contributed by atoms with van der Waals surface area (Å²) in [4.78, 5) is 34.7. The van der Waals surface area contributed by atoms with Gasteiger partial charge in [0.1, 0.15) is 5.82 Å². The van der Waals surface area contributed by atoms with Gasteiger partial charge in [-0.1, -0.05) is 35.9 Å². The molecular formula is C20H20ClN3O2S. The molecule has 5 nitrogen and oxygen atoms in total. The lowest BCUT2D eigenvalue weighted by Crippen LogP contribution is -2.32. The Hall–Kier alpha value is -2.31. The van der Waals surface area contributed by atoms with Crippen molar-refractivity contribution in [2.75, 3.05) is 12.3 Å². The fourth-order valence-corrected chi connectivity index (χ4v) is 3.91. The van der Waals surface area contributed by atoms with Crippen molar-refractivity contribution in [1.82, 2.24) is 14.9 Å². The highest BCUT2D eigenvalue weighted by Crippen LogP contribution is 2.27. The summed E-state index contributed by atoms with van der Waals surface area (Å²) < 4.78 is 0. The average Bonchev–Trinajstić information content (AvgIpc) is 2.67. The number of thioether (sulfide) groups is 1. The summed E-state index contributed by atoms with van der Waals surface area (Å²) in [6.07, 6.45) is 0.390. The number of benzene rings is 2. The van der Waals surface area contributed by atoms with E-state index in [2.05, 4.69) is 9.97 Å². The largest absolute Gasteiger partial charge is 0.335 e. The van der Waals surface area contributed by atoms with Gasteiger partial charge in [-0.25, -0.2) is 4.98 Å². The molecule has 0 unspecified atom stereocenters. The molecule has 0 saturated carbocycles. The summed E-state index contributed by atoms with van der Waals surface area (Å²) in [6.45, 7) is 2.75. The van der Waals surface area contributed by atoms with Crippen LogP contribution in [-0.2, 0) is 11.3 Å². The number of para-hydroxylation sites is 1. The lowest BCUT2D eigenvalue weighted by molar-refractivity contribution is -0.131. The van der Waals surface area contributed by atoms with Crippen LogP contribution in [0.1, 0.15) is 19.2 Å². The van der Waals surface area contributed by atoms with Gasteiger partial charge in [0.15, 0.2) is 0 Å². The highest BCUT2D eigenvalue weighted by Gasteiger charge is 2.14. The van der Waals surface area contributed by atoms with Crippen molar-refractivity contribution in [3.63, 3.8) is 0 Å². The Labute approximate surface area is 166 Å². The lowest BCUT2D eigenvalue weighted by atomic mass is 10.2. The minimum atomic E-state index is -0.187. The molecule has 140 valence electrons. The number of fused-ring (bicyclic) bond motifs is 1. The third-order valence-corrected chi connectivity index (χ3v) is 5.66. The Morgan fingerprint density at radius 3 is 2.70 bits per heavy atom. The molecule has 3 rings (SSSR count). The lowest BCUT2D eigenvalue weighted by Gasteiger charge is -2.20. The summed E-state index contributed by atoms with van der Waals surface area (Å²) in [6, 6.07) is 14.8. The maximum Gasteiger partial charge on any atom is 0.258 e. The van der Waals surface area contributed by atoms with E-state index >= 15 is 0 Å². The molecule has 0 radical (unpaired) electrons. The Morgan fingerprint density at radius 1 is 1.19 bits per heavy atom. The minimum Gasteiger partial charge on any atom is -0.335 e. The van der Waals surface area contributed by atoms with Gasteiger partial charge in [0.25, 0.3) is 5.56 Å². The van der Waals surface area contributed by atoms with Crippen LogP contribution in [0.25, 0.3) is 10.9 Å². The van der Waals surface area contributed by atoms with Crippen molar-refractivity contribution in [2.24, 2.45) is 0 Å². The quantitative estimate of drug-likeness (QED) is 0.605. The van der Waals surface area contributed by atoms with Crippen molar-refractivity contribution < 1.29 is 4.79 Å². The number of amides is 1. The summed E-state index contributed by atoms with van der Waals surface area (Å²) in [5.41, 5.74) is 0.447. The van der Waals surface area contributed by atoms with Gasteiger partial charge >= 0.3 is 0 Å². The zero-order valence-corrected chi connectivity index (χ0v) is 16.5. The van der Waals surface area contributed by atoms with Crippen LogP contribution in [0.15, 0.2) is 58.2 Å². The molecule has 1 aromatic heterocycles. The molecule has 0 saturated heterocycles. The Morgan fingerprint density at radius 2 is 1.93 bits per heavy atom. The number of halogens is 1. The third kappa shape index (κ3) is 4.90. The highest BCUT2D eigenvalue weighted by atomic mass is 35.5. The average molecular weight is 402 g/mol. The number of aromatic amines is 1. The van der Waals surface area contributed by atoms with E-state index in [-0.39, 0.29) is 18.0 Å². The van der Waals surface area contributed by atoms with Gasteiger partial charge in [-0.2, -0.15) is 0 Å². The van der Waals surface area contributed by atoms with Gasteiger partial charge in [-0.05, 0) is 31.2 Å². The van der Waals surface area contributed by atoms with Crippen molar-refractivity contribution in [2.45, 2.75) is 24.8 Å². The van der Waals surface area contributed by atoms with Crippen LogP contribution in [0.4, 0.5) is 0 Å². The molecule has 0 spiro atoms. The molecule has 0 bridgehead atoms. The standard InChI is InChI=1S/C20H20ClN3O2S/c1-2-24(19(25)11-12-27-17-10-6-4-8-15(17)21)13-18-22-16-9-5-3-7-14(16)20(26)23-18/h3-10H,2,11-13H2,1H3,(H,22,23,26). The van der Waals surface area contributed by atoms with E-state index in [9.17, 15) is 9.59 Å². The van der Waals surface area contributed by atoms with Crippen LogP contribution >= 0.6 is 23.4 Å². The number of H-pyrrole nitrogens is 1. The molecule has 7 heteroatoms. The molecule has 2 aromatic carbocycles. The normalized spacial score (nSPS) is 10.9. The van der Waals surface area contributed by atoms with E-state index < -0.39 is 0 Å². The van der Waals surface area contributed by atoms with Gasteiger partial charge in [0.05, 0.1) is 22.5 Å². The molecule has 3 aromatic rings. The van der Waals surface area contributed by atoms with E-state index in [1.165, 1.54) is 0 Å². The van der Waals surface area contributed by atoms with Crippen LogP contribution in [-0.4, -0.2) is 33.1 Å². The predicted octanol–water partition coefficient (Wildman–Crippen LogP) is 4.11. The summed E-state index contributed by atoms with van der Waals surface area (Å²) in [5, 5.41) is 1.24. The first-order valence-electron chi connectivity index (χ1n) is 8.71. The maximum atomic E-state index is 12.6. The Bertz CT molecular complexity index is 1010. The predicted molar refractivity (Wildman–Crippen MR) is 110 cm³/mol. The smallest absolute Gasteiger partial charge is 0.258 e. The zero-order valence-electron chi connectivity index (χ0n) is 14.9. The monoisotopic (exact) mass is 401 g/mol. The van der Waals surface area contributed by atoms with Crippen LogP contribution in [0.3, 0.4) is 0 Å². The van der Waals surface area contributed by atoms with Gasteiger partial charge < -0.3 is 9.88 Å². The van der Waals surface area contributed by atoms with E-state index in [0.717, 1.165) is 4.90 Å². The van der Waals surface area contributed by atoms with E-state index in [0.29, 0.717) is 40.5 Å². The van der Waals surface area contributed by atoms with Crippen LogP contribution in [0, 0.1) is 0 Å². The third-order valence-electron chi connectivity index (χ3n) is 4.15. The van der Waals surface area contributed by atoms with Gasteiger partial charge in [0, 0.05) is 23.6 Å². The Balaban J connectivity index is 1.63. The number of nitrogens with zero attached hydrogens (tertiary/aromatic N) is 2. The summed E-state index contributed by atoms with van der Waals surface area (Å²) >= 11 is 7.70. The highest BCUT2D eigenvalue weighted by molar-refractivity contribution is 7.99.